The second-order valence-corrected chi connectivity index (χ2v) is 2.76. The molecule has 0 spiro atoms. The van der Waals surface area contributed by atoms with Crippen molar-refractivity contribution in [2.24, 2.45) is 0 Å². The minimum absolute atomic E-state index is 0.0262. The molecule has 1 unspecified atom stereocenters. The summed E-state index contributed by atoms with van der Waals surface area (Å²) in [6, 6.07) is 0. The van der Waals surface area contributed by atoms with Gasteiger partial charge in [-0.05, 0) is 10.9 Å². The second kappa shape index (κ2) is 1.61. The molecule has 0 aromatic heterocycles. The van der Waals surface area contributed by atoms with E-state index in [0.717, 1.165) is 0 Å². The van der Waals surface area contributed by atoms with Gasteiger partial charge in [-0.25, -0.2) is 0 Å². The van der Waals surface area contributed by atoms with Gasteiger partial charge in [-0.15, -0.1) is 0 Å². The molecule has 1 fully saturated rings. The van der Waals surface area contributed by atoms with Crippen LogP contribution in [0.4, 0.5) is 0 Å². The third-order valence-electron chi connectivity index (χ3n) is 0.770. The summed E-state index contributed by atoms with van der Waals surface area (Å²) in [5.74, 6) is 0.733. The zero-order valence-corrected chi connectivity index (χ0v) is 4.55. The van der Waals surface area contributed by atoms with Gasteiger partial charge in [-0.2, -0.15) is 0 Å². The van der Waals surface area contributed by atoms with E-state index in [4.69, 9.17) is 4.78 Å². The number of amides is 1. The van der Waals surface area contributed by atoms with Gasteiger partial charge in [0.1, 0.15) is 0 Å². The Kier molecular flexibility index (Phi) is 1.10. The van der Waals surface area contributed by atoms with E-state index in [1.165, 1.54) is 0 Å². The lowest BCUT2D eigenvalue weighted by molar-refractivity contribution is -0.118. The number of hydrogen-bond donors (Lipinski definition) is 2. The van der Waals surface area contributed by atoms with Crippen molar-refractivity contribution < 1.29 is 4.79 Å². The molecular formula is C3H6N2OS. The monoisotopic (exact) mass is 118 g/mol. The summed E-state index contributed by atoms with van der Waals surface area (Å²) in [5.41, 5.74) is 0. The third kappa shape index (κ3) is 0.991. The molecule has 0 saturated carbocycles. The number of rotatable bonds is 0. The van der Waals surface area contributed by atoms with E-state index in [1.54, 1.807) is 0 Å². The van der Waals surface area contributed by atoms with Gasteiger partial charge >= 0.3 is 0 Å². The van der Waals surface area contributed by atoms with Crippen LogP contribution in [0.3, 0.4) is 0 Å². The maximum Gasteiger partial charge on any atom is 0.231 e. The summed E-state index contributed by atoms with van der Waals surface area (Å²) in [5, 5.41) is 0. The predicted octanol–water partition coefficient (Wildman–Crippen LogP) is -0.198. The minimum Gasteiger partial charge on any atom is -0.292 e. The molecule has 0 bridgehead atoms. The molecule has 40 valence electrons. The van der Waals surface area contributed by atoms with Gasteiger partial charge in [0, 0.05) is 12.2 Å². The van der Waals surface area contributed by atoms with E-state index >= 15 is 0 Å². The van der Waals surface area contributed by atoms with Crippen LogP contribution >= 0.6 is 0 Å². The molecule has 4 heteroatoms. The second-order valence-electron chi connectivity index (χ2n) is 1.37. The largest absolute Gasteiger partial charge is 0.292 e. The minimum atomic E-state index is -0.552. The van der Waals surface area contributed by atoms with Crippen molar-refractivity contribution in [2.75, 3.05) is 5.75 Å². The lowest BCUT2D eigenvalue weighted by atomic mass is 10.5. The molecule has 1 heterocycles. The Balaban J connectivity index is 2.55. The molecule has 1 aliphatic rings. The van der Waals surface area contributed by atoms with Gasteiger partial charge in [-0.1, -0.05) is 0 Å². The van der Waals surface area contributed by atoms with Crippen LogP contribution in [0.15, 0.2) is 0 Å². The zero-order chi connectivity index (χ0) is 5.28. The average molecular weight is 118 g/mol. The number of hydrogen-bond acceptors (Lipinski definition) is 2. The standard InChI is InChI=1S/C3H6N2OS/c4-7-2-1-3(6)5-7/h1-2H2,(H2,4,5,6). The van der Waals surface area contributed by atoms with E-state index in [1.807, 2.05) is 0 Å². The van der Waals surface area contributed by atoms with Gasteiger partial charge < -0.3 is 0 Å². The van der Waals surface area contributed by atoms with Crippen LogP contribution in [-0.4, -0.2) is 11.7 Å². The molecule has 0 radical (unpaired) electrons. The molecule has 1 amide bonds. The molecule has 1 rings (SSSR count). The molecule has 0 aliphatic carbocycles. The molecule has 0 aromatic carbocycles. The quantitative estimate of drug-likeness (QED) is 0.455. The SMILES string of the molecule is N=S1CCC(=O)N1. The Labute approximate surface area is 44.1 Å². The Morgan fingerprint density at radius 1 is 1.86 bits per heavy atom. The highest BCUT2D eigenvalue weighted by atomic mass is 32.2. The van der Waals surface area contributed by atoms with Crippen LogP contribution in [-0.2, 0) is 15.7 Å². The van der Waals surface area contributed by atoms with Crippen LogP contribution in [0.25, 0.3) is 0 Å². The van der Waals surface area contributed by atoms with Crippen LogP contribution in [0, 0.1) is 4.78 Å². The van der Waals surface area contributed by atoms with E-state index < -0.39 is 10.9 Å². The summed E-state index contributed by atoms with van der Waals surface area (Å²) >= 11 is 0. The van der Waals surface area contributed by atoms with E-state index in [9.17, 15) is 4.79 Å². The van der Waals surface area contributed by atoms with Crippen molar-refractivity contribution in [3.63, 3.8) is 0 Å². The highest BCUT2D eigenvalue weighted by Crippen LogP contribution is 1.93. The van der Waals surface area contributed by atoms with Crippen molar-refractivity contribution in [1.82, 2.24) is 4.72 Å². The van der Waals surface area contributed by atoms with Crippen LogP contribution in [0.5, 0.6) is 0 Å². The maximum atomic E-state index is 10.2. The van der Waals surface area contributed by atoms with E-state index in [-0.39, 0.29) is 5.91 Å². The van der Waals surface area contributed by atoms with Crippen LogP contribution in [0.2, 0.25) is 0 Å². The lowest BCUT2D eigenvalue weighted by Crippen LogP contribution is -2.13. The first-order valence-electron chi connectivity index (χ1n) is 2.00. The highest BCUT2D eigenvalue weighted by molar-refractivity contribution is 7.85. The molecule has 3 nitrogen and oxygen atoms in total. The van der Waals surface area contributed by atoms with Gasteiger partial charge in [0.05, 0.1) is 0 Å². The van der Waals surface area contributed by atoms with Crippen molar-refractivity contribution in [1.29, 1.82) is 4.78 Å². The Morgan fingerprint density at radius 2 is 2.57 bits per heavy atom. The summed E-state index contributed by atoms with van der Waals surface area (Å²) < 4.78 is 9.43. The number of carbonyl (C=O) groups is 1. The summed E-state index contributed by atoms with van der Waals surface area (Å²) in [6.07, 6.45) is 0.548. The smallest absolute Gasteiger partial charge is 0.231 e. The molecule has 1 saturated heterocycles. The molecular weight excluding hydrogens is 112 g/mol. The van der Waals surface area contributed by atoms with Crippen molar-refractivity contribution in [3.8, 4) is 0 Å². The fourth-order valence-corrected chi connectivity index (χ4v) is 1.30. The number of carbonyl (C=O) groups excluding carboxylic acids is 1. The Morgan fingerprint density at radius 3 is 2.71 bits per heavy atom. The van der Waals surface area contributed by atoms with Crippen LogP contribution in [0.1, 0.15) is 6.42 Å². The fraction of sp³-hybridized carbons (Fsp3) is 0.667. The topological polar surface area (TPSA) is 53.0 Å². The van der Waals surface area contributed by atoms with Crippen molar-refractivity contribution in [2.45, 2.75) is 6.42 Å². The highest BCUT2D eigenvalue weighted by Gasteiger charge is 2.11. The normalized spacial score (nSPS) is 30.3. The van der Waals surface area contributed by atoms with Crippen molar-refractivity contribution >= 4 is 16.8 Å². The zero-order valence-electron chi connectivity index (χ0n) is 3.73. The van der Waals surface area contributed by atoms with Gasteiger partial charge in [0.25, 0.3) is 0 Å². The maximum absolute atomic E-state index is 10.2. The van der Waals surface area contributed by atoms with E-state index in [0.29, 0.717) is 12.2 Å². The first-order valence-corrected chi connectivity index (χ1v) is 3.40. The van der Waals surface area contributed by atoms with E-state index in [2.05, 4.69) is 4.72 Å². The summed E-state index contributed by atoms with van der Waals surface area (Å²) in [7, 11) is -0.552. The first-order chi connectivity index (χ1) is 3.29. The summed E-state index contributed by atoms with van der Waals surface area (Å²) in [6.45, 7) is 0. The average Bonchev–Trinajstić information content (AvgIpc) is 1.87. The third-order valence-corrected chi connectivity index (χ3v) is 1.86. The number of nitrogens with one attached hydrogen (secondary N) is 2. The van der Waals surface area contributed by atoms with Crippen molar-refractivity contribution in [3.05, 3.63) is 0 Å². The van der Waals surface area contributed by atoms with Gasteiger partial charge in [0.2, 0.25) is 5.91 Å². The predicted molar refractivity (Wildman–Crippen MR) is 27.7 cm³/mol. The summed E-state index contributed by atoms with van der Waals surface area (Å²) in [4.78, 5) is 10.2. The first kappa shape index (κ1) is 4.77. The lowest BCUT2D eigenvalue weighted by Gasteiger charge is -1.85. The molecule has 0 aromatic rings. The Hall–Kier alpha value is -0.380. The van der Waals surface area contributed by atoms with Crippen LogP contribution < -0.4 is 4.72 Å². The molecule has 2 N–H and O–H groups in total. The fourth-order valence-electron chi connectivity index (χ4n) is 0.434. The Bertz CT molecular complexity index is 108. The molecule has 1 atom stereocenters. The molecule has 7 heavy (non-hydrogen) atoms. The van der Waals surface area contributed by atoms with Gasteiger partial charge in [-0.3, -0.25) is 14.3 Å². The molecule has 1 aliphatic heterocycles. The van der Waals surface area contributed by atoms with Gasteiger partial charge in [0.15, 0.2) is 0 Å².